The summed E-state index contributed by atoms with van der Waals surface area (Å²) in [7, 11) is 0. The summed E-state index contributed by atoms with van der Waals surface area (Å²) in [5, 5.41) is 0. The van der Waals surface area contributed by atoms with Gasteiger partial charge in [-0.2, -0.15) is 8.78 Å². The molecular weight excluding hydrogens is 185 g/mol. The first-order valence-electron chi connectivity index (χ1n) is 3.43. The van der Waals surface area contributed by atoms with Gasteiger partial charge in [0.15, 0.2) is 5.82 Å². The lowest BCUT2D eigenvalue weighted by molar-refractivity contribution is -0.0554. The molecular formula is C7H7F3N2O. The zero-order valence-electron chi connectivity index (χ0n) is 6.51. The van der Waals surface area contributed by atoms with Crippen LogP contribution in [-0.2, 0) is 6.54 Å². The van der Waals surface area contributed by atoms with Crippen molar-refractivity contribution in [2.75, 3.05) is 0 Å². The Bertz CT molecular complexity index is 293. The Labute approximate surface area is 72.3 Å². The van der Waals surface area contributed by atoms with E-state index < -0.39 is 18.3 Å². The Kier molecular flexibility index (Phi) is 3.07. The summed E-state index contributed by atoms with van der Waals surface area (Å²) in [6, 6.07) is 1.30. The van der Waals surface area contributed by atoms with E-state index in [1.54, 1.807) is 0 Å². The second-order valence-corrected chi connectivity index (χ2v) is 2.17. The van der Waals surface area contributed by atoms with Gasteiger partial charge in [-0.15, -0.1) is 0 Å². The molecule has 1 aromatic heterocycles. The van der Waals surface area contributed by atoms with Crippen molar-refractivity contribution in [2.24, 2.45) is 5.73 Å². The van der Waals surface area contributed by atoms with Crippen molar-refractivity contribution in [2.45, 2.75) is 13.2 Å². The van der Waals surface area contributed by atoms with Gasteiger partial charge < -0.3 is 10.5 Å². The van der Waals surface area contributed by atoms with Gasteiger partial charge in [0.2, 0.25) is 0 Å². The smallest absolute Gasteiger partial charge is 0.388 e. The van der Waals surface area contributed by atoms with Crippen LogP contribution in [0.15, 0.2) is 12.3 Å². The topological polar surface area (TPSA) is 48.1 Å². The molecule has 0 aliphatic rings. The van der Waals surface area contributed by atoms with E-state index in [1.165, 1.54) is 6.07 Å². The Balaban J connectivity index is 2.94. The van der Waals surface area contributed by atoms with E-state index in [4.69, 9.17) is 5.73 Å². The van der Waals surface area contributed by atoms with Gasteiger partial charge in [-0.05, 0) is 6.07 Å². The van der Waals surface area contributed by atoms with Crippen molar-refractivity contribution in [3.05, 3.63) is 23.6 Å². The van der Waals surface area contributed by atoms with Crippen molar-refractivity contribution in [3.63, 3.8) is 0 Å². The first-order valence-corrected chi connectivity index (χ1v) is 3.43. The van der Waals surface area contributed by atoms with E-state index >= 15 is 0 Å². The zero-order chi connectivity index (χ0) is 9.84. The fraction of sp³-hybridized carbons (Fsp3) is 0.286. The van der Waals surface area contributed by atoms with Gasteiger partial charge in [-0.25, -0.2) is 9.37 Å². The minimum Gasteiger partial charge on any atom is -0.414 e. The molecule has 0 unspecified atom stereocenters. The standard InChI is InChI=1S/C7H7F3N2O/c8-5-4(3-11)1-2-12-6(5)13-7(9)10/h1-2,7H,3,11H2. The van der Waals surface area contributed by atoms with Gasteiger partial charge in [0.1, 0.15) is 0 Å². The molecule has 13 heavy (non-hydrogen) atoms. The molecule has 1 rings (SSSR count). The molecule has 6 heteroatoms. The van der Waals surface area contributed by atoms with Crippen LogP contribution in [0.4, 0.5) is 13.2 Å². The lowest BCUT2D eigenvalue weighted by Gasteiger charge is -2.06. The van der Waals surface area contributed by atoms with Crippen molar-refractivity contribution in [1.82, 2.24) is 4.98 Å². The van der Waals surface area contributed by atoms with Gasteiger partial charge in [-0.3, -0.25) is 0 Å². The first-order chi connectivity index (χ1) is 6.15. The molecule has 0 bridgehead atoms. The molecule has 0 atom stereocenters. The molecule has 3 nitrogen and oxygen atoms in total. The van der Waals surface area contributed by atoms with Crippen LogP contribution in [-0.4, -0.2) is 11.6 Å². The summed E-state index contributed by atoms with van der Waals surface area (Å²) in [6.07, 6.45) is 1.16. The summed E-state index contributed by atoms with van der Waals surface area (Å²) in [5.41, 5.74) is 5.23. The van der Waals surface area contributed by atoms with Crippen molar-refractivity contribution < 1.29 is 17.9 Å². The van der Waals surface area contributed by atoms with Gasteiger partial charge >= 0.3 is 6.61 Å². The predicted molar refractivity (Wildman–Crippen MR) is 38.7 cm³/mol. The van der Waals surface area contributed by atoms with E-state index in [0.717, 1.165) is 6.20 Å². The van der Waals surface area contributed by atoms with E-state index in [0.29, 0.717) is 0 Å². The molecule has 0 aliphatic carbocycles. The molecule has 0 aromatic carbocycles. The number of alkyl halides is 2. The Morgan fingerprint density at radius 2 is 2.23 bits per heavy atom. The highest BCUT2D eigenvalue weighted by atomic mass is 19.3. The second-order valence-electron chi connectivity index (χ2n) is 2.17. The van der Waals surface area contributed by atoms with Crippen LogP contribution in [0.1, 0.15) is 5.56 Å². The summed E-state index contributed by atoms with van der Waals surface area (Å²) < 4.78 is 40.2. The predicted octanol–water partition coefficient (Wildman–Crippen LogP) is 1.28. The third-order valence-corrected chi connectivity index (χ3v) is 1.36. The molecule has 0 saturated heterocycles. The highest BCUT2D eigenvalue weighted by molar-refractivity contribution is 5.23. The fourth-order valence-corrected chi connectivity index (χ4v) is 0.786. The van der Waals surface area contributed by atoms with Crippen LogP contribution < -0.4 is 10.5 Å². The highest BCUT2D eigenvalue weighted by Crippen LogP contribution is 2.18. The molecule has 2 N–H and O–H groups in total. The van der Waals surface area contributed by atoms with E-state index in [2.05, 4.69) is 9.72 Å². The maximum atomic E-state index is 13.0. The molecule has 0 saturated carbocycles. The van der Waals surface area contributed by atoms with Gasteiger partial charge in [0.05, 0.1) is 0 Å². The van der Waals surface area contributed by atoms with Gasteiger partial charge in [0, 0.05) is 18.3 Å². The molecule has 0 fully saturated rings. The molecule has 0 amide bonds. The first kappa shape index (κ1) is 9.79. The summed E-state index contributed by atoms with van der Waals surface area (Å²) >= 11 is 0. The number of nitrogens with two attached hydrogens (primary N) is 1. The normalized spacial score (nSPS) is 10.5. The quantitative estimate of drug-likeness (QED) is 0.784. The Hall–Kier alpha value is -1.30. The van der Waals surface area contributed by atoms with Crippen LogP contribution in [0, 0.1) is 5.82 Å². The third kappa shape index (κ3) is 2.32. The van der Waals surface area contributed by atoms with E-state index in [-0.39, 0.29) is 12.1 Å². The SMILES string of the molecule is NCc1ccnc(OC(F)F)c1F. The number of hydrogen-bond acceptors (Lipinski definition) is 3. The number of halogens is 3. The van der Waals surface area contributed by atoms with Crippen molar-refractivity contribution in [1.29, 1.82) is 0 Å². The number of ether oxygens (including phenoxy) is 1. The number of rotatable bonds is 3. The zero-order valence-corrected chi connectivity index (χ0v) is 6.51. The summed E-state index contributed by atoms with van der Waals surface area (Å²) in [4.78, 5) is 3.29. The minimum absolute atomic E-state index is 0.0886. The number of aromatic nitrogens is 1. The summed E-state index contributed by atoms with van der Waals surface area (Å²) in [5.74, 6) is -1.66. The minimum atomic E-state index is -3.09. The summed E-state index contributed by atoms with van der Waals surface area (Å²) in [6.45, 7) is -3.18. The van der Waals surface area contributed by atoms with Crippen molar-refractivity contribution >= 4 is 0 Å². The number of pyridine rings is 1. The Morgan fingerprint density at radius 1 is 1.54 bits per heavy atom. The van der Waals surface area contributed by atoms with Crippen LogP contribution in [0.3, 0.4) is 0 Å². The average Bonchev–Trinajstić information content (AvgIpc) is 2.08. The molecule has 72 valence electrons. The molecule has 1 aromatic rings. The largest absolute Gasteiger partial charge is 0.414 e. The number of nitrogens with zero attached hydrogens (tertiary/aromatic N) is 1. The van der Waals surface area contributed by atoms with Gasteiger partial charge in [0.25, 0.3) is 5.88 Å². The van der Waals surface area contributed by atoms with Crippen LogP contribution in [0.25, 0.3) is 0 Å². The molecule has 1 heterocycles. The maximum Gasteiger partial charge on any atom is 0.388 e. The lowest BCUT2D eigenvalue weighted by Crippen LogP contribution is -2.08. The second kappa shape index (κ2) is 4.08. The van der Waals surface area contributed by atoms with Crippen LogP contribution in [0.5, 0.6) is 5.88 Å². The highest BCUT2D eigenvalue weighted by Gasteiger charge is 2.13. The molecule has 0 radical (unpaired) electrons. The Morgan fingerprint density at radius 3 is 2.77 bits per heavy atom. The van der Waals surface area contributed by atoms with Crippen LogP contribution in [0.2, 0.25) is 0 Å². The fourth-order valence-electron chi connectivity index (χ4n) is 0.786. The van der Waals surface area contributed by atoms with E-state index in [1.807, 2.05) is 0 Å². The molecule has 0 aliphatic heterocycles. The monoisotopic (exact) mass is 192 g/mol. The molecule has 0 spiro atoms. The average molecular weight is 192 g/mol. The lowest BCUT2D eigenvalue weighted by atomic mass is 10.2. The third-order valence-electron chi connectivity index (χ3n) is 1.36. The van der Waals surface area contributed by atoms with Crippen molar-refractivity contribution in [3.8, 4) is 5.88 Å². The van der Waals surface area contributed by atoms with Gasteiger partial charge in [-0.1, -0.05) is 0 Å². The van der Waals surface area contributed by atoms with E-state index in [9.17, 15) is 13.2 Å². The maximum absolute atomic E-state index is 13.0. The van der Waals surface area contributed by atoms with Crippen LogP contribution >= 0.6 is 0 Å². The number of hydrogen-bond donors (Lipinski definition) is 1.